The van der Waals surface area contributed by atoms with Gasteiger partial charge in [0.1, 0.15) is 29.8 Å². The second-order valence-electron chi connectivity index (χ2n) is 9.75. The molecule has 6 atom stereocenters. The van der Waals surface area contributed by atoms with E-state index in [2.05, 4.69) is 0 Å². The molecule has 14 heteroatoms. The molecule has 0 bridgehead atoms. The number of H-pyrrole nitrogens is 1. The number of alkyl halides is 1. The van der Waals surface area contributed by atoms with Crippen LogP contribution in [-0.2, 0) is 23.4 Å². The molecule has 1 aromatic carbocycles. The van der Waals surface area contributed by atoms with Gasteiger partial charge < -0.3 is 19.4 Å². The van der Waals surface area contributed by atoms with Crippen molar-refractivity contribution < 1.29 is 37.7 Å². The van der Waals surface area contributed by atoms with Crippen LogP contribution in [0.5, 0.6) is 5.75 Å². The van der Waals surface area contributed by atoms with E-state index >= 15 is 4.39 Å². The molecule has 4 rings (SSSR count). The lowest BCUT2D eigenvalue weighted by Crippen LogP contribution is -2.43. The highest BCUT2D eigenvalue weighted by atomic mass is 31.1. The zero-order valence-corrected chi connectivity index (χ0v) is 22.5. The lowest BCUT2D eigenvalue weighted by molar-refractivity contribution is -0.162. The van der Waals surface area contributed by atoms with Gasteiger partial charge in [-0.1, -0.05) is 24.6 Å². The quantitative estimate of drug-likeness (QED) is 0.249. The number of hydroxylamine groups is 1. The van der Waals surface area contributed by atoms with Crippen molar-refractivity contribution in [1.82, 2.24) is 14.4 Å². The fourth-order valence-corrected chi connectivity index (χ4v) is 5.46. The van der Waals surface area contributed by atoms with Crippen LogP contribution in [0, 0.1) is 0 Å². The molecule has 2 heterocycles. The number of nitrogens with zero attached hydrogens (tertiary/aromatic N) is 2. The van der Waals surface area contributed by atoms with E-state index in [4.69, 9.17) is 18.8 Å². The summed E-state index contributed by atoms with van der Waals surface area (Å²) in [6, 6.07) is 8.21. The fraction of sp³-hybridized carbons (Fsp3) is 0.560. The predicted octanol–water partition coefficient (Wildman–Crippen LogP) is 2.76. The number of benzene rings is 1. The second-order valence-corrected chi connectivity index (χ2v) is 10.9. The number of aliphatic hydroxyl groups is 1. The number of aromatic nitrogens is 2. The summed E-state index contributed by atoms with van der Waals surface area (Å²) in [4.78, 5) is 45.0. The number of carbonyl (C=O) groups is 1. The maximum atomic E-state index is 15.5. The van der Waals surface area contributed by atoms with Crippen molar-refractivity contribution >= 4 is 14.1 Å². The number of esters is 1. The number of aliphatic hydroxyl groups excluding tert-OH is 1. The van der Waals surface area contributed by atoms with Gasteiger partial charge in [-0.3, -0.25) is 19.1 Å². The number of nitrogens with one attached hydrogen (secondary N) is 1. The Kier molecular flexibility index (Phi) is 9.29. The zero-order valence-electron chi connectivity index (χ0n) is 21.6. The molecule has 1 saturated heterocycles. The summed E-state index contributed by atoms with van der Waals surface area (Å²) in [7, 11) is -2.88. The molecule has 0 amide bonds. The Bertz CT molecular complexity index is 1270. The molecule has 212 valence electrons. The fourth-order valence-electron chi connectivity index (χ4n) is 4.54. The first kappa shape index (κ1) is 29.0. The molecule has 2 N–H and O–H groups in total. The van der Waals surface area contributed by atoms with Crippen molar-refractivity contribution in [2.24, 2.45) is 0 Å². The van der Waals surface area contributed by atoms with E-state index in [0.29, 0.717) is 0 Å². The van der Waals surface area contributed by atoms with E-state index in [1.54, 1.807) is 30.3 Å². The summed E-state index contributed by atoms with van der Waals surface area (Å²) >= 11 is 0. The van der Waals surface area contributed by atoms with Gasteiger partial charge in [0.15, 0.2) is 23.7 Å². The average Bonchev–Trinajstić information content (AvgIpc) is 3.14. The Morgan fingerprint density at radius 2 is 1.95 bits per heavy atom. The Labute approximate surface area is 224 Å². The van der Waals surface area contributed by atoms with Crippen molar-refractivity contribution in [3.05, 3.63) is 63.4 Å². The first-order valence-corrected chi connectivity index (χ1v) is 13.9. The third-order valence-corrected chi connectivity index (χ3v) is 7.90. The number of para-hydroxylation sites is 1. The van der Waals surface area contributed by atoms with Gasteiger partial charge in [0.05, 0.1) is 0 Å². The van der Waals surface area contributed by atoms with E-state index in [9.17, 15) is 24.1 Å². The minimum atomic E-state index is -2.88. The number of carbonyl (C=O) groups excluding carboxylic acids is 1. The number of rotatable bonds is 10. The van der Waals surface area contributed by atoms with Crippen molar-refractivity contribution in [3.8, 4) is 5.75 Å². The molecule has 39 heavy (non-hydrogen) atoms. The molecule has 0 spiro atoms. The van der Waals surface area contributed by atoms with E-state index in [0.717, 1.165) is 60.7 Å². The topological polar surface area (TPSA) is 149 Å². The van der Waals surface area contributed by atoms with E-state index < -0.39 is 62.2 Å². The molecule has 2 aliphatic rings. The summed E-state index contributed by atoms with van der Waals surface area (Å²) in [5.41, 5.74) is -4.06. The molecule has 1 saturated carbocycles. The first-order valence-electron chi connectivity index (χ1n) is 12.7. The number of hydrogen-bond acceptors (Lipinski definition) is 9. The second kappa shape index (κ2) is 12.5. The summed E-state index contributed by atoms with van der Waals surface area (Å²) in [6.45, 7) is 1.93. The third-order valence-electron chi connectivity index (χ3n) is 6.78. The molecule has 1 aromatic heterocycles. The zero-order chi connectivity index (χ0) is 28.2. The third kappa shape index (κ3) is 6.79. The van der Waals surface area contributed by atoms with Gasteiger partial charge in [-0.15, -0.1) is 4.52 Å². The number of ether oxygens (including phenoxy) is 2. The molecule has 2 aromatic rings. The Hall–Kier alpha value is -2.96. The van der Waals surface area contributed by atoms with Crippen molar-refractivity contribution in [3.63, 3.8) is 0 Å². The van der Waals surface area contributed by atoms with Crippen LogP contribution < -0.4 is 16.1 Å². The summed E-state index contributed by atoms with van der Waals surface area (Å²) in [5, 5.41) is 10.6. The predicted molar refractivity (Wildman–Crippen MR) is 136 cm³/mol. The molecule has 1 aliphatic heterocycles. The van der Waals surface area contributed by atoms with Crippen LogP contribution >= 0.6 is 8.18 Å². The smallest absolute Gasteiger partial charge is 0.461 e. The van der Waals surface area contributed by atoms with Crippen LogP contribution in [0.3, 0.4) is 0 Å². The number of halogens is 1. The van der Waals surface area contributed by atoms with Crippen LogP contribution in [-0.4, -0.2) is 62.1 Å². The molecule has 1 aliphatic carbocycles. The van der Waals surface area contributed by atoms with E-state index in [-0.39, 0.29) is 11.9 Å². The van der Waals surface area contributed by atoms with Crippen LogP contribution in [0.25, 0.3) is 0 Å². The van der Waals surface area contributed by atoms with Gasteiger partial charge in [0, 0.05) is 12.3 Å². The molecular formula is C25H32FN3O9P+. The maximum Gasteiger partial charge on any atom is 0.653 e. The van der Waals surface area contributed by atoms with Gasteiger partial charge in [-0.2, -0.15) is 0 Å². The Balaban J connectivity index is 1.46. The highest BCUT2D eigenvalue weighted by molar-refractivity contribution is 7.36. The normalized spacial score (nSPS) is 26.8. The van der Waals surface area contributed by atoms with Crippen molar-refractivity contribution in [2.75, 3.05) is 6.61 Å². The van der Waals surface area contributed by atoms with Gasteiger partial charge >= 0.3 is 19.8 Å². The lowest BCUT2D eigenvalue weighted by atomic mass is 9.98. The van der Waals surface area contributed by atoms with E-state index in [1.165, 1.54) is 6.92 Å². The van der Waals surface area contributed by atoms with E-state index in [1.807, 2.05) is 4.98 Å². The summed E-state index contributed by atoms with van der Waals surface area (Å²) in [6.07, 6.45) is 0.597. The van der Waals surface area contributed by atoms with Crippen LogP contribution in [0.1, 0.15) is 52.2 Å². The number of aromatic amines is 1. The Morgan fingerprint density at radius 1 is 1.26 bits per heavy atom. The van der Waals surface area contributed by atoms with Gasteiger partial charge in [-0.05, 0) is 56.2 Å². The maximum absolute atomic E-state index is 15.5. The molecule has 2 fully saturated rings. The summed E-state index contributed by atoms with van der Waals surface area (Å²) in [5.74, 6) is -0.358. The number of hydrogen-bond donors (Lipinski definition) is 2. The monoisotopic (exact) mass is 568 g/mol. The van der Waals surface area contributed by atoms with Crippen molar-refractivity contribution in [1.29, 1.82) is 0 Å². The molecule has 2 unspecified atom stereocenters. The largest absolute Gasteiger partial charge is 0.653 e. The Morgan fingerprint density at radius 3 is 2.62 bits per heavy atom. The molecule has 0 radical (unpaired) electrons. The SMILES string of the molecule is CC(C(=O)OC1CCCCC1)N(Oc1ccccc1)[P+](=O)OC[C@H]1O[C@@H](n2ccc(=O)[nH]c2=O)[C@](C)(F)[C@@H]1O. The minimum absolute atomic E-state index is 0.233. The first-order chi connectivity index (χ1) is 18.6. The highest BCUT2D eigenvalue weighted by Gasteiger charge is 2.56. The van der Waals surface area contributed by atoms with Crippen LogP contribution in [0.4, 0.5) is 4.39 Å². The van der Waals surface area contributed by atoms with Gasteiger partial charge in [0.25, 0.3) is 5.56 Å². The highest BCUT2D eigenvalue weighted by Crippen LogP contribution is 2.42. The van der Waals surface area contributed by atoms with Gasteiger partial charge in [-0.25, -0.2) is 9.18 Å². The van der Waals surface area contributed by atoms with Crippen LogP contribution in [0.15, 0.2) is 52.2 Å². The lowest BCUT2D eigenvalue weighted by Gasteiger charge is -2.24. The minimum Gasteiger partial charge on any atom is -0.461 e. The molecular weight excluding hydrogens is 536 g/mol. The standard InChI is InChI=1S/C25H31FN3O9P/c1-16(22(32)36-17-9-5-3-6-10-17)29(38-18-11-7-4-8-12-18)39(34)35-15-19-21(31)25(2,26)23(37-19)28-14-13-20(30)27-24(28)33/h4,7-8,11-14,16-17,19,21,23,31H,3,5-6,9-10,15H2,1-2H3/p+1/t16?,19-,21-,23-,25-/m1/s1. The van der Waals surface area contributed by atoms with Crippen molar-refractivity contribution in [2.45, 2.75) is 82.2 Å². The van der Waals surface area contributed by atoms with Gasteiger partial charge in [0.2, 0.25) is 0 Å². The average molecular weight is 569 g/mol. The van der Waals surface area contributed by atoms with Crippen LogP contribution in [0.2, 0.25) is 0 Å². The molecule has 12 nitrogen and oxygen atoms in total. The summed E-state index contributed by atoms with van der Waals surface area (Å²) < 4.78 is 46.1.